The maximum Gasteiger partial charge on any atom is 0.335 e. The quantitative estimate of drug-likeness (QED) is 0.704. The number of hydrogen-bond donors (Lipinski definition) is 2. The number of hydrogen-bond acceptors (Lipinski definition) is 2. The van der Waals surface area contributed by atoms with Crippen LogP contribution in [-0.2, 0) is 4.79 Å². The summed E-state index contributed by atoms with van der Waals surface area (Å²) in [5.41, 5.74) is 0.972. The number of benzene rings is 1. The van der Waals surface area contributed by atoms with Crippen molar-refractivity contribution in [2.45, 2.75) is 46.5 Å². The van der Waals surface area contributed by atoms with Gasteiger partial charge in [0.05, 0.1) is 11.0 Å². The van der Waals surface area contributed by atoms with Crippen LogP contribution < -0.4 is 0 Å². The van der Waals surface area contributed by atoms with Crippen LogP contribution in [0.2, 0.25) is 0 Å². The van der Waals surface area contributed by atoms with Gasteiger partial charge in [-0.1, -0.05) is 48.8 Å². The van der Waals surface area contributed by atoms with Gasteiger partial charge in [-0.2, -0.15) is 0 Å². The molecule has 0 saturated carbocycles. The second-order valence-corrected chi connectivity index (χ2v) is 6.15. The molecule has 2 atom stereocenters. The summed E-state index contributed by atoms with van der Waals surface area (Å²) in [6, 6.07) is 7.09. The summed E-state index contributed by atoms with van der Waals surface area (Å²) in [5.74, 6) is -1.10. The number of halogens is 1. The lowest BCUT2D eigenvalue weighted by atomic mass is 9.91. The Kier molecular flexibility index (Phi) is 9.02. The van der Waals surface area contributed by atoms with Gasteiger partial charge >= 0.3 is 11.9 Å². The molecule has 5 heteroatoms. The molecule has 0 radical (unpaired) electrons. The molecule has 1 rings (SSSR count). The molecule has 1 aromatic rings. The van der Waals surface area contributed by atoms with Crippen LogP contribution in [0.1, 0.15) is 62.4 Å². The fourth-order valence-corrected chi connectivity index (χ4v) is 2.13. The largest absolute Gasteiger partial charge is 0.481 e. The van der Waals surface area contributed by atoms with Crippen LogP contribution in [0.3, 0.4) is 0 Å². The van der Waals surface area contributed by atoms with Crippen molar-refractivity contribution in [1.82, 2.24) is 0 Å². The third-order valence-electron chi connectivity index (χ3n) is 3.93. The molecule has 124 valence electrons. The summed E-state index contributed by atoms with van der Waals surface area (Å²) in [5, 5.41) is 17.8. The topological polar surface area (TPSA) is 74.6 Å². The maximum atomic E-state index is 10.6. The molecule has 0 saturated heterocycles. The summed E-state index contributed by atoms with van der Waals surface area (Å²) in [6.07, 6.45) is 1.74. The van der Waals surface area contributed by atoms with E-state index in [4.69, 9.17) is 10.2 Å². The van der Waals surface area contributed by atoms with Gasteiger partial charge in [-0.25, -0.2) is 4.79 Å². The Morgan fingerprint density at radius 3 is 1.91 bits per heavy atom. The molecule has 0 spiro atoms. The third-order valence-corrected chi connectivity index (χ3v) is 5.17. The first kappa shape index (κ1) is 20.6. The molecule has 0 bridgehead atoms. The second-order valence-electron chi connectivity index (χ2n) is 5.59. The van der Waals surface area contributed by atoms with E-state index in [0.717, 1.165) is 6.42 Å². The van der Waals surface area contributed by atoms with Gasteiger partial charge in [-0.15, -0.1) is 0 Å². The van der Waals surface area contributed by atoms with Gasteiger partial charge in [0.2, 0.25) is 0 Å². The normalized spacial score (nSPS) is 14.2. The van der Waals surface area contributed by atoms with Crippen molar-refractivity contribution in [2.75, 3.05) is 5.33 Å². The number of carboxylic acids is 2. The van der Waals surface area contributed by atoms with Crippen LogP contribution in [-0.4, -0.2) is 27.5 Å². The van der Waals surface area contributed by atoms with Gasteiger partial charge in [-0.05, 0) is 43.4 Å². The van der Waals surface area contributed by atoms with Crippen molar-refractivity contribution in [2.24, 2.45) is 5.41 Å². The summed E-state index contributed by atoms with van der Waals surface area (Å²) in [6.45, 7) is 7.85. The third kappa shape index (κ3) is 6.18. The first-order valence-electron chi connectivity index (χ1n) is 7.34. The van der Waals surface area contributed by atoms with Crippen molar-refractivity contribution in [3.05, 3.63) is 35.4 Å². The van der Waals surface area contributed by atoms with E-state index >= 15 is 0 Å². The van der Waals surface area contributed by atoms with E-state index in [0.29, 0.717) is 23.2 Å². The standard InChI is InChI=1S/C11H14O2.C6H11BrO2/c1-3-8(2)9-4-6-10(7-5-9)11(12)13;1-3-6(2,4-7)5(8)9/h4-8H,3H2,1-2H3,(H,12,13);3-4H2,1-2H3,(H,8,9). The van der Waals surface area contributed by atoms with Crippen molar-refractivity contribution in [3.63, 3.8) is 0 Å². The van der Waals surface area contributed by atoms with E-state index in [1.54, 1.807) is 19.1 Å². The molecule has 2 unspecified atom stereocenters. The van der Waals surface area contributed by atoms with Gasteiger partial charge in [0.25, 0.3) is 0 Å². The van der Waals surface area contributed by atoms with E-state index in [1.807, 2.05) is 19.1 Å². The first-order chi connectivity index (χ1) is 10.2. The predicted octanol–water partition coefficient (Wildman–Crippen LogP) is 4.78. The average Bonchev–Trinajstić information content (AvgIpc) is 2.53. The van der Waals surface area contributed by atoms with Crippen LogP contribution in [0.4, 0.5) is 0 Å². The summed E-state index contributed by atoms with van der Waals surface area (Å²) < 4.78 is 0. The van der Waals surface area contributed by atoms with E-state index in [1.165, 1.54) is 5.56 Å². The van der Waals surface area contributed by atoms with E-state index in [-0.39, 0.29) is 0 Å². The lowest BCUT2D eigenvalue weighted by Gasteiger charge is -2.18. The van der Waals surface area contributed by atoms with Crippen LogP contribution in [0.25, 0.3) is 0 Å². The number of carboxylic acid groups (broad SMARTS) is 2. The minimum absolute atomic E-state index is 0.354. The van der Waals surface area contributed by atoms with Gasteiger partial charge in [0.15, 0.2) is 0 Å². The molecular formula is C17H25BrO4. The zero-order valence-electron chi connectivity index (χ0n) is 13.6. The van der Waals surface area contributed by atoms with Gasteiger partial charge in [-0.3, -0.25) is 4.79 Å². The Morgan fingerprint density at radius 1 is 1.18 bits per heavy atom. The number of rotatable bonds is 6. The number of aliphatic carboxylic acids is 1. The highest BCUT2D eigenvalue weighted by molar-refractivity contribution is 9.09. The van der Waals surface area contributed by atoms with E-state index in [9.17, 15) is 9.59 Å². The fraction of sp³-hybridized carbons (Fsp3) is 0.529. The zero-order chi connectivity index (χ0) is 17.3. The van der Waals surface area contributed by atoms with Crippen LogP contribution in [0.15, 0.2) is 24.3 Å². The Labute approximate surface area is 140 Å². The van der Waals surface area contributed by atoms with E-state index in [2.05, 4.69) is 29.8 Å². The van der Waals surface area contributed by atoms with Crippen LogP contribution >= 0.6 is 15.9 Å². The number of aromatic carboxylic acids is 1. The molecule has 0 aliphatic rings. The van der Waals surface area contributed by atoms with Gasteiger partial charge < -0.3 is 10.2 Å². The Hall–Kier alpha value is -1.36. The van der Waals surface area contributed by atoms with Crippen LogP contribution in [0, 0.1) is 5.41 Å². The Bertz CT molecular complexity index is 478. The van der Waals surface area contributed by atoms with E-state index < -0.39 is 17.4 Å². The molecule has 22 heavy (non-hydrogen) atoms. The smallest absolute Gasteiger partial charge is 0.335 e. The molecule has 0 amide bonds. The average molecular weight is 373 g/mol. The summed E-state index contributed by atoms with van der Waals surface area (Å²) in [4.78, 5) is 21.0. The monoisotopic (exact) mass is 372 g/mol. The minimum atomic E-state index is -0.865. The first-order valence-corrected chi connectivity index (χ1v) is 8.46. The van der Waals surface area contributed by atoms with Crippen molar-refractivity contribution in [1.29, 1.82) is 0 Å². The zero-order valence-corrected chi connectivity index (χ0v) is 15.2. The van der Waals surface area contributed by atoms with Crippen LogP contribution in [0.5, 0.6) is 0 Å². The predicted molar refractivity (Wildman–Crippen MR) is 91.9 cm³/mol. The Balaban J connectivity index is 0.000000433. The fourth-order valence-electron chi connectivity index (χ4n) is 1.49. The highest BCUT2D eigenvalue weighted by atomic mass is 79.9. The SMILES string of the molecule is CCC(C)(CBr)C(=O)O.CCC(C)c1ccc(C(=O)O)cc1. The molecule has 2 N–H and O–H groups in total. The van der Waals surface area contributed by atoms with Crippen molar-refractivity contribution in [3.8, 4) is 0 Å². The maximum absolute atomic E-state index is 10.6. The molecule has 0 fully saturated rings. The summed E-state index contributed by atoms with van der Waals surface area (Å²) in [7, 11) is 0. The Morgan fingerprint density at radius 2 is 1.68 bits per heavy atom. The molecule has 0 aromatic heterocycles. The second kappa shape index (κ2) is 9.62. The highest BCUT2D eigenvalue weighted by Crippen LogP contribution is 2.23. The molecule has 0 aliphatic heterocycles. The number of alkyl halides is 1. The van der Waals surface area contributed by atoms with Crippen molar-refractivity contribution >= 4 is 27.9 Å². The van der Waals surface area contributed by atoms with Gasteiger partial charge in [0, 0.05) is 5.33 Å². The minimum Gasteiger partial charge on any atom is -0.481 e. The molecule has 0 heterocycles. The van der Waals surface area contributed by atoms with Gasteiger partial charge in [0.1, 0.15) is 0 Å². The molecule has 1 aromatic carbocycles. The van der Waals surface area contributed by atoms with Crippen molar-refractivity contribution < 1.29 is 19.8 Å². The molecule has 4 nitrogen and oxygen atoms in total. The summed E-state index contributed by atoms with van der Waals surface area (Å²) >= 11 is 3.15. The molecular weight excluding hydrogens is 348 g/mol. The molecule has 0 aliphatic carbocycles. The number of carbonyl (C=O) groups is 2. The highest BCUT2D eigenvalue weighted by Gasteiger charge is 2.29. The lowest BCUT2D eigenvalue weighted by Crippen LogP contribution is -2.27. The lowest BCUT2D eigenvalue weighted by molar-refractivity contribution is -0.146.